The third kappa shape index (κ3) is 5.56. The highest BCUT2D eigenvalue weighted by Crippen LogP contribution is 2.23. The molecule has 7 heteroatoms. The summed E-state index contributed by atoms with van der Waals surface area (Å²) >= 11 is 5.79. The topological polar surface area (TPSA) is 95.9 Å². The van der Waals surface area contributed by atoms with Crippen molar-refractivity contribution in [2.75, 3.05) is 6.54 Å². The van der Waals surface area contributed by atoms with Crippen LogP contribution in [0.5, 0.6) is 0 Å². The molecule has 0 fully saturated rings. The summed E-state index contributed by atoms with van der Waals surface area (Å²) < 4.78 is 5.01. The average molecular weight is 364 g/mol. The number of amides is 1. The zero-order valence-corrected chi connectivity index (χ0v) is 14.0. The summed E-state index contributed by atoms with van der Waals surface area (Å²) in [5.41, 5.74) is 1.23. The number of carbonyl (C=O) groups is 2. The molecule has 0 aliphatic carbocycles. The van der Waals surface area contributed by atoms with Crippen molar-refractivity contribution < 1.29 is 24.5 Å². The summed E-state index contributed by atoms with van der Waals surface area (Å²) in [6.45, 7) is -0.145. The van der Waals surface area contributed by atoms with Crippen LogP contribution in [0.3, 0.4) is 0 Å². The van der Waals surface area contributed by atoms with E-state index < -0.39 is 18.3 Å². The summed E-state index contributed by atoms with van der Waals surface area (Å²) in [6.07, 6.45) is -2.85. The van der Waals surface area contributed by atoms with E-state index in [2.05, 4.69) is 5.32 Å². The van der Waals surface area contributed by atoms with E-state index in [4.69, 9.17) is 16.3 Å². The summed E-state index contributed by atoms with van der Waals surface area (Å²) in [7, 11) is 0. The number of hydrogen-bond donors (Lipinski definition) is 3. The smallest absolute Gasteiger partial charge is 0.407 e. The quantitative estimate of drug-likeness (QED) is 0.657. The van der Waals surface area contributed by atoms with E-state index in [9.17, 15) is 19.8 Å². The van der Waals surface area contributed by atoms with Crippen molar-refractivity contribution in [3.63, 3.8) is 0 Å². The van der Waals surface area contributed by atoms with Gasteiger partial charge in [0, 0.05) is 17.1 Å². The number of alkyl carbamates (subject to hydrolysis) is 1. The van der Waals surface area contributed by atoms with Crippen LogP contribution < -0.4 is 5.32 Å². The number of ether oxygens (including phenoxy) is 1. The standard InChI is InChI=1S/C18H18ClNO5/c19-14-6-7-15(13(8-14)10-21)17(23)16(22)9-20-18(24)25-11-12-4-2-1-3-5-12/h1-8,10,16-17,22-23H,9,11H2,(H,20,24). The highest BCUT2D eigenvalue weighted by Gasteiger charge is 2.22. The van der Waals surface area contributed by atoms with Gasteiger partial charge in [-0.1, -0.05) is 48.0 Å². The van der Waals surface area contributed by atoms with Gasteiger partial charge in [0.05, 0.1) is 0 Å². The molecule has 0 heterocycles. The third-order valence-electron chi connectivity index (χ3n) is 3.53. The fraction of sp³-hybridized carbons (Fsp3) is 0.222. The van der Waals surface area contributed by atoms with E-state index in [-0.39, 0.29) is 24.3 Å². The number of hydrogen-bond acceptors (Lipinski definition) is 5. The fourth-order valence-electron chi connectivity index (χ4n) is 2.20. The SMILES string of the molecule is O=Cc1cc(Cl)ccc1C(O)C(O)CNC(=O)OCc1ccccc1. The number of aldehydes is 1. The molecule has 25 heavy (non-hydrogen) atoms. The Morgan fingerprint density at radius 3 is 2.60 bits per heavy atom. The highest BCUT2D eigenvalue weighted by molar-refractivity contribution is 6.30. The maximum atomic E-state index is 11.6. The molecule has 0 aliphatic heterocycles. The molecule has 2 unspecified atom stereocenters. The molecule has 6 nitrogen and oxygen atoms in total. The van der Waals surface area contributed by atoms with Crippen LogP contribution in [0.4, 0.5) is 4.79 Å². The lowest BCUT2D eigenvalue weighted by Crippen LogP contribution is -2.36. The minimum atomic E-state index is -1.35. The first kappa shape index (κ1) is 18.9. The highest BCUT2D eigenvalue weighted by atomic mass is 35.5. The van der Waals surface area contributed by atoms with Crippen LogP contribution in [0.15, 0.2) is 48.5 Å². The minimum Gasteiger partial charge on any atom is -0.445 e. The van der Waals surface area contributed by atoms with Crippen molar-refractivity contribution in [1.29, 1.82) is 0 Å². The van der Waals surface area contributed by atoms with Crippen LogP contribution in [-0.4, -0.2) is 35.2 Å². The van der Waals surface area contributed by atoms with Crippen LogP contribution in [0.1, 0.15) is 27.6 Å². The van der Waals surface area contributed by atoms with Gasteiger partial charge in [0.25, 0.3) is 0 Å². The Kier molecular flexibility index (Phi) is 6.94. The first-order valence-electron chi connectivity index (χ1n) is 7.56. The zero-order chi connectivity index (χ0) is 18.2. The minimum absolute atomic E-state index is 0.0950. The predicted molar refractivity (Wildman–Crippen MR) is 92.4 cm³/mol. The molecule has 2 rings (SSSR count). The number of nitrogens with one attached hydrogen (secondary N) is 1. The van der Waals surface area contributed by atoms with Gasteiger partial charge in [0.1, 0.15) is 25.1 Å². The van der Waals surface area contributed by atoms with Crippen LogP contribution in [0, 0.1) is 0 Å². The molecule has 2 aromatic carbocycles. The van der Waals surface area contributed by atoms with E-state index in [1.54, 1.807) is 0 Å². The molecule has 3 N–H and O–H groups in total. The number of halogens is 1. The molecule has 0 aliphatic rings. The van der Waals surface area contributed by atoms with E-state index >= 15 is 0 Å². The summed E-state index contributed by atoms with van der Waals surface area (Å²) in [5.74, 6) is 0. The average Bonchev–Trinajstić information content (AvgIpc) is 2.64. The first-order chi connectivity index (χ1) is 12.0. The monoisotopic (exact) mass is 363 g/mol. The molecule has 1 amide bonds. The molecular weight excluding hydrogens is 346 g/mol. The second kappa shape index (κ2) is 9.17. The van der Waals surface area contributed by atoms with Crippen molar-refractivity contribution >= 4 is 24.0 Å². The van der Waals surface area contributed by atoms with E-state index in [0.717, 1.165) is 5.56 Å². The van der Waals surface area contributed by atoms with Crippen molar-refractivity contribution in [2.45, 2.75) is 18.8 Å². The lowest BCUT2D eigenvalue weighted by Gasteiger charge is -2.20. The van der Waals surface area contributed by atoms with Gasteiger partial charge in [0.15, 0.2) is 0 Å². The Bertz CT molecular complexity index is 723. The van der Waals surface area contributed by atoms with Gasteiger partial charge in [0.2, 0.25) is 0 Å². The molecule has 2 atom stereocenters. The van der Waals surface area contributed by atoms with Crippen molar-refractivity contribution in [1.82, 2.24) is 5.32 Å². The maximum absolute atomic E-state index is 11.6. The third-order valence-corrected chi connectivity index (χ3v) is 3.76. The number of aliphatic hydroxyl groups is 2. The van der Waals surface area contributed by atoms with E-state index in [1.807, 2.05) is 30.3 Å². The number of carbonyl (C=O) groups excluding carboxylic acids is 2. The molecule has 0 radical (unpaired) electrons. The molecule has 132 valence electrons. The zero-order valence-electron chi connectivity index (χ0n) is 13.3. The van der Waals surface area contributed by atoms with Gasteiger partial charge in [-0.15, -0.1) is 0 Å². The van der Waals surface area contributed by atoms with Crippen molar-refractivity contribution in [2.24, 2.45) is 0 Å². The Hall–Kier alpha value is -2.41. The molecule has 0 bridgehead atoms. The number of aliphatic hydroxyl groups excluding tert-OH is 2. The number of rotatable bonds is 7. The molecule has 0 saturated carbocycles. The fourth-order valence-corrected chi connectivity index (χ4v) is 2.38. The van der Waals surface area contributed by atoms with Gasteiger partial charge in [-0.25, -0.2) is 4.79 Å². The van der Waals surface area contributed by atoms with Crippen LogP contribution in [0.2, 0.25) is 5.02 Å². The lowest BCUT2D eigenvalue weighted by molar-refractivity contribution is 0.0180. The van der Waals surface area contributed by atoms with Crippen molar-refractivity contribution in [3.8, 4) is 0 Å². The molecule has 0 spiro atoms. The second-order valence-corrected chi connectivity index (χ2v) is 5.78. The largest absolute Gasteiger partial charge is 0.445 e. The Morgan fingerprint density at radius 2 is 1.92 bits per heavy atom. The Morgan fingerprint density at radius 1 is 1.20 bits per heavy atom. The van der Waals surface area contributed by atoms with Gasteiger partial charge >= 0.3 is 6.09 Å². The summed E-state index contributed by atoms with van der Waals surface area (Å²) in [5, 5.41) is 22.9. The Labute approximate surface area is 150 Å². The van der Waals surface area contributed by atoms with Crippen LogP contribution in [0.25, 0.3) is 0 Å². The van der Waals surface area contributed by atoms with Crippen molar-refractivity contribution in [3.05, 3.63) is 70.2 Å². The summed E-state index contributed by atoms with van der Waals surface area (Å²) in [6, 6.07) is 13.5. The molecule has 2 aromatic rings. The normalized spacial score (nSPS) is 12.9. The van der Waals surface area contributed by atoms with E-state index in [1.165, 1.54) is 18.2 Å². The van der Waals surface area contributed by atoms with Gasteiger partial charge in [-0.3, -0.25) is 4.79 Å². The predicted octanol–water partition coefficient (Wildman–Crippen LogP) is 2.47. The first-order valence-corrected chi connectivity index (χ1v) is 7.94. The molecular formula is C18H18ClNO5. The molecule has 0 aromatic heterocycles. The number of benzene rings is 2. The summed E-state index contributed by atoms with van der Waals surface area (Å²) in [4.78, 5) is 22.7. The van der Waals surface area contributed by atoms with Crippen LogP contribution >= 0.6 is 11.6 Å². The van der Waals surface area contributed by atoms with Gasteiger partial charge < -0.3 is 20.3 Å². The molecule has 0 saturated heterocycles. The van der Waals surface area contributed by atoms with Gasteiger partial charge in [-0.2, -0.15) is 0 Å². The lowest BCUT2D eigenvalue weighted by atomic mass is 9.99. The van der Waals surface area contributed by atoms with Crippen LogP contribution in [-0.2, 0) is 11.3 Å². The second-order valence-electron chi connectivity index (χ2n) is 5.35. The maximum Gasteiger partial charge on any atom is 0.407 e. The Balaban J connectivity index is 1.85. The van der Waals surface area contributed by atoms with Gasteiger partial charge in [-0.05, 0) is 23.3 Å². The van der Waals surface area contributed by atoms with E-state index in [0.29, 0.717) is 11.3 Å².